The summed E-state index contributed by atoms with van der Waals surface area (Å²) in [5, 5.41) is 0. The second-order valence-corrected chi connectivity index (χ2v) is 9.36. The van der Waals surface area contributed by atoms with Crippen molar-refractivity contribution in [2.75, 3.05) is 33.3 Å². The molecule has 3 nitrogen and oxygen atoms in total. The van der Waals surface area contributed by atoms with Crippen LogP contribution >= 0.6 is 0 Å². The second-order valence-electron chi connectivity index (χ2n) is 9.36. The Hall–Kier alpha value is -1.84. The number of hydrogen-bond donors (Lipinski definition) is 0. The lowest BCUT2D eigenvalue weighted by atomic mass is 9.96. The van der Waals surface area contributed by atoms with Gasteiger partial charge in [-0.25, -0.2) is 0 Å². The Bertz CT molecular complexity index is 762. The van der Waals surface area contributed by atoms with Gasteiger partial charge in [0.15, 0.2) is 0 Å². The van der Waals surface area contributed by atoms with Gasteiger partial charge < -0.3 is 9.64 Å². The predicted molar refractivity (Wildman–Crippen MR) is 126 cm³/mol. The van der Waals surface area contributed by atoms with Crippen LogP contribution in [0.1, 0.15) is 51.0 Å². The summed E-state index contributed by atoms with van der Waals surface area (Å²) in [7, 11) is 1.71. The first-order valence-electron chi connectivity index (χ1n) is 11.9. The van der Waals surface area contributed by atoms with Crippen LogP contribution in [0.5, 0.6) is 5.75 Å². The third-order valence-electron chi connectivity index (χ3n) is 7.17. The van der Waals surface area contributed by atoms with Crippen LogP contribution in [0.25, 0.3) is 11.1 Å². The van der Waals surface area contributed by atoms with E-state index in [1.54, 1.807) is 7.11 Å². The highest BCUT2D eigenvalue weighted by Gasteiger charge is 2.24. The number of methoxy groups -OCH3 is 1. The fourth-order valence-corrected chi connectivity index (χ4v) is 5.03. The summed E-state index contributed by atoms with van der Waals surface area (Å²) in [5.74, 6) is 1.83. The minimum atomic E-state index is 0.749. The first-order valence-corrected chi connectivity index (χ1v) is 11.9. The van der Waals surface area contributed by atoms with Gasteiger partial charge in [0, 0.05) is 12.6 Å². The quantitative estimate of drug-likeness (QED) is 0.574. The molecule has 0 saturated carbocycles. The van der Waals surface area contributed by atoms with Crippen LogP contribution in [0.4, 0.5) is 0 Å². The van der Waals surface area contributed by atoms with E-state index in [1.165, 1.54) is 81.4 Å². The molecule has 0 unspecified atom stereocenters. The molecule has 2 heterocycles. The molecule has 0 radical (unpaired) electrons. The highest BCUT2D eigenvalue weighted by molar-refractivity contribution is 5.64. The molecule has 2 aliphatic rings. The van der Waals surface area contributed by atoms with Crippen molar-refractivity contribution in [1.29, 1.82) is 0 Å². The third kappa shape index (κ3) is 5.65. The first kappa shape index (κ1) is 21.4. The average molecular weight is 407 g/mol. The van der Waals surface area contributed by atoms with Crippen molar-refractivity contribution in [3.63, 3.8) is 0 Å². The van der Waals surface area contributed by atoms with Crippen molar-refractivity contribution >= 4 is 0 Å². The van der Waals surface area contributed by atoms with Gasteiger partial charge in [0.1, 0.15) is 5.75 Å². The van der Waals surface area contributed by atoms with Gasteiger partial charge in [0.25, 0.3) is 0 Å². The monoisotopic (exact) mass is 406 g/mol. The summed E-state index contributed by atoms with van der Waals surface area (Å²) in [5.41, 5.74) is 3.95. The molecule has 2 aromatic rings. The molecule has 0 aliphatic carbocycles. The third-order valence-corrected chi connectivity index (χ3v) is 7.17. The maximum absolute atomic E-state index is 5.27. The van der Waals surface area contributed by atoms with Crippen LogP contribution in [0, 0.1) is 5.92 Å². The maximum atomic E-state index is 5.27. The number of likely N-dealkylation sites (tertiary alicyclic amines) is 2. The molecule has 4 rings (SSSR count). The van der Waals surface area contributed by atoms with Gasteiger partial charge in [-0.15, -0.1) is 0 Å². The number of ether oxygens (including phenoxy) is 1. The zero-order valence-electron chi connectivity index (χ0n) is 18.9. The fraction of sp³-hybridized carbons (Fsp3) is 0.556. The Morgan fingerprint density at radius 2 is 1.50 bits per heavy atom. The summed E-state index contributed by atoms with van der Waals surface area (Å²) in [6.07, 6.45) is 8.21. The van der Waals surface area contributed by atoms with E-state index in [0.717, 1.165) is 24.3 Å². The van der Waals surface area contributed by atoms with Gasteiger partial charge in [-0.1, -0.05) is 49.7 Å². The topological polar surface area (TPSA) is 15.7 Å². The van der Waals surface area contributed by atoms with E-state index in [9.17, 15) is 0 Å². The van der Waals surface area contributed by atoms with Crippen molar-refractivity contribution in [1.82, 2.24) is 9.80 Å². The lowest BCUT2D eigenvalue weighted by Crippen LogP contribution is -2.42. The van der Waals surface area contributed by atoms with Gasteiger partial charge in [0.05, 0.1) is 7.11 Å². The van der Waals surface area contributed by atoms with Gasteiger partial charge in [-0.3, -0.25) is 4.90 Å². The second kappa shape index (κ2) is 10.5. The molecule has 1 atom stereocenters. The number of nitrogens with zero attached hydrogens (tertiary/aromatic N) is 2. The van der Waals surface area contributed by atoms with Crippen molar-refractivity contribution in [3.05, 3.63) is 54.1 Å². The maximum Gasteiger partial charge on any atom is 0.118 e. The summed E-state index contributed by atoms with van der Waals surface area (Å²) in [4.78, 5) is 5.45. The van der Waals surface area contributed by atoms with Gasteiger partial charge in [0.2, 0.25) is 0 Å². The normalized spacial score (nSPS) is 21.6. The van der Waals surface area contributed by atoms with Crippen LogP contribution in [-0.2, 0) is 6.54 Å². The Balaban J connectivity index is 1.33. The van der Waals surface area contributed by atoms with E-state index in [0.29, 0.717) is 0 Å². The summed E-state index contributed by atoms with van der Waals surface area (Å²) in [6, 6.07) is 18.3. The molecule has 2 aliphatic heterocycles. The molecule has 2 aromatic carbocycles. The average Bonchev–Trinajstić information content (AvgIpc) is 2.80. The molecule has 0 N–H and O–H groups in total. The lowest BCUT2D eigenvalue weighted by Gasteiger charge is -2.38. The smallest absolute Gasteiger partial charge is 0.118 e. The minimum Gasteiger partial charge on any atom is -0.497 e. The lowest BCUT2D eigenvalue weighted by molar-refractivity contribution is 0.109. The van der Waals surface area contributed by atoms with Crippen LogP contribution < -0.4 is 4.74 Å². The molecule has 0 bridgehead atoms. The fourth-order valence-electron chi connectivity index (χ4n) is 5.03. The number of hydrogen-bond acceptors (Lipinski definition) is 3. The molecule has 30 heavy (non-hydrogen) atoms. The molecule has 2 saturated heterocycles. The van der Waals surface area contributed by atoms with Crippen LogP contribution in [0.2, 0.25) is 0 Å². The van der Waals surface area contributed by atoms with E-state index >= 15 is 0 Å². The Morgan fingerprint density at radius 1 is 0.833 bits per heavy atom. The minimum absolute atomic E-state index is 0.749. The molecule has 0 aromatic heterocycles. The standard InChI is InChI=1S/C27H38N2O/c1-22-14-18-28(19-15-22)20-16-26-5-3-4-17-29(26)21-23-6-8-24(9-7-23)25-10-12-27(30-2)13-11-25/h6-13,22,26H,3-5,14-21H2,1-2H3/t26-/m1/s1. The zero-order chi connectivity index (χ0) is 20.8. The molecule has 2 fully saturated rings. The van der Waals surface area contributed by atoms with Crippen molar-refractivity contribution in [2.24, 2.45) is 5.92 Å². The Labute approximate surface area is 183 Å². The Morgan fingerprint density at radius 3 is 2.17 bits per heavy atom. The van der Waals surface area contributed by atoms with Gasteiger partial charge in [-0.05, 0) is 93.0 Å². The van der Waals surface area contributed by atoms with E-state index in [4.69, 9.17) is 4.74 Å². The van der Waals surface area contributed by atoms with Crippen LogP contribution in [0.15, 0.2) is 48.5 Å². The SMILES string of the molecule is COc1ccc(-c2ccc(CN3CCCC[C@@H]3CCN3CCC(C)CC3)cc2)cc1. The molecule has 162 valence electrons. The van der Waals surface area contributed by atoms with Crippen molar-refractivity contribution in [3.8, 4) is 16.9 Å². The number of piperidine rings is 2. The van der Waals surface area contributed by atoms with E-state index in [-0.39, 0.29) is 0 Å². The van der Waals surface area contributed by atoms with Gasteiger partial charge in [-0.2, -0.15) is 0 Å². The Kier molecular flexibility index (Phi) is 7.46. The molecule has 0 spiro atoms. The first-order chi connectivity index (χ1) is 14.7. The highest BCUT2D eigenvalue weighted by Crippen LogP contribution is 2.26. The summed E-state index contributed by atoms with van der Waals surface area (Å²) < 4.78 is 5.27. The number of benzene rings is 2. The molecular weight excluding hydrogens is 368 g/mol. The predicted octanol–water partition coefficient (Wildman–Crippen LogP) is 5.84. The molecule has 3 heteroatoms. The van der Waals surface area contributed by atoms with E-state index < -0.39 is 0 Å². The zero-order valence-corrected chi connectivity index (χ0v) is 18.9. The molecule has 0 amide bonds. The summed E-state index contributed by atoms with van der Waals surface area (Å²) >= 11 is 0. The van der Waals surface area contributed by atoms with Crippen molar-refractivity contribution in [2.45, 2.75) is 58.0 Å². The summed E-state index contributed by atoms with van der Waals surface area (Å²) in [6.45, 7) is 8.64. The molecular formula is C27H38N2O. The van der Waals surface area contributed by atoms with Gasteiger partial charge >= 0.3 is 0 Å². The largest absolute Gasteiger partial charge is 0.497 e. The van der Waals surface area contributed by atoms with E-state index in [2.05, 4.69) is 53.1 Å². The van der Waals surface area contributed by atoms with E-state index in [1.807, 2.05) is 12.1 Å². The van der Waals surface area contributed by atoms with Crippen LogP contribution in [-0.4, -0.2) is 49.1 Å². The van der Waals surface area contributed by atoms with Crippen molar-refractivity contribution < 1.29 is 4.74 Å². The highest BCUT2D eigenvalue weighted by atomic mass is 16.5. The van der Waals surface area contributed by atoms with Crippen LogP contribution in [0.3, 0.4) is 0 Å². The number of rotatable bonds is 7.